The SMILES string of the molecule is O.[Co].[Ni].[Sc]. The summed E-state index contributed by atoms with van der Waals surface area (Å²) in [7, 11) is 0. The van der Waals surface area contributed by atoms with Gasteiger partial charge in [0.15, 0.2) is 0 Å². The maximum atomic E-state index is 0. The minimum atomic E-state index is 0. The van der Waals surface area contributed by atoms with Gasteiger partial charge in [0.2, 0.25) is 0 Å². The molecule has 30 valence electrons. The van der Waals surface area contributed by atoms with E-state index in [9.17, 15) is 0 Å². The van der Waals surface area contributed by atoms with E-state index in [1.165, 1.54) is 0 Å². The van der Waals surface area contributed by atoms with Gasteiger partial charge in [-0.2, -0.15) is 0 Å². The maximum absolute atomic E-state index is 0. The Morgan fingerprint density at radius 2 is 1.00 bits per heavy atom. The number of hydrogen-bond donors (Lipinski definition) is 0. The van der Waals surface area contributed by atoms with Crippen molar-refractivity contribution in [2.24, 2.45) is 0 Å². The van der Waals surface area contributed by atoms with E-state index in [1.807, 2.05) is 0 Å². The van der Waals surface area contributed by atoms with Gasteiger partial charge in [-0.3, -0.25) is 0 Å². The Morgan fingerprint density at radius 1 is 1.00 bits per heavy atom. The average Bonchev–Trinajstić information content (AvgIpc) is 0. The zero-order valence-corrected chi connectivity index (χ0v) is 5.56. The predicted octanol–water partition coefficient (Wildman–Crippen LogP) is -0.832. The Balaban J connectivity index is 0. The first-order valence-corrected chi connectivity index (χ1v) is 0. The first-order chi connectivity index (χ1) is 0. The Kier molecular flexibility index (Phi) is 215. The van der Waals surface area contributed by atoms with Crippen LogP contribution in [0.25, 0.3) is 0 Å². The van der Waals surface area contributed by atoms with E-state index in [0.29, 0.717) is 0 Å². The van der Waals surface area contributed by atoms with Crippen LogP contribution in [0, 0.1) is 0 Å². The molecule has 0 aliphatic rings. The molecule has 0 aliphatic carbocycles. The largest absolute Gasteiger partial charge is 0.412 e. The van der Waals surface area contributed by atoms with Gasteiger partial charge in [-0.05, 0) is 0 Å². The fraction of sp³-hybridized carbons (Fsp3) is 0. The van der Waals surface area contributed by atoms with E-state index >= 15 is 0 Å². The summed E-state index contributed by atoms with van der Waals surface area (Å²) in [6.07, 6.45) is 0. The van der Waals surface area contributed by atoms with Crippen LogP contribution in [0.5, 0.6) is 0 Å². The fourth-order valence-corrected chi connectivity index (χ4v) is 0. The zero-order valence-electron chi connectivity index (χ0n) is 1.73. The van der Waals surface area contributed by atoms with E-state index in [0.717, 1.165) is 0 Å². The van der Waals surface area contributed by atoms with Gasteiger partial charge in [-0.15, -0.1) is 0 Å². The van der Waals surface area contributed by atoms with E-state index < -0.39 is 0 Å². The summed E-state index contributed by atoms with van der Waals surface area (Å²) in [5.74, 6) is 0. The van der Waals surface area contributed by atoms with Crippen LogP contribution in [0.2, 0.25) is 0 Å². The molecule has 0 rings (SSSR count). The molecule has 2 radical (unpaired) electrons. The fourth-order valence-electron chi connectivity index (χ4n) is 0. The second-order valence-electron chi connectivity index (χ2n) is 0. The monoisotopic (exact) mass is 180 g/mol. The average molecular weight is 181 g/mol. The zero-order chi connectivity index (χ0) is 0. The quantitative estimate of drug-likeness (QED) is 0.436. The van der Waals surface area contributed by atoms with Crippen LogP contribution < -0.4 is 0 Å². The summed E-state index contributed by atoms with van der Waals surface area (Å²) in [4.78, 5) is 0. The van der Waals surface area contributed by atoms with Gasteiger partial charge >= 0.3 is 0 Å². The molecule has 2 N–H and O–H groups in total. The van der Waals surface area contributed by atoms with Gasteiger partial charge in [0.1, 0.15) is 0 Å². The molecule has 0 aromatic rings. The third kappa shape index (κ3) is 9.16. The molecule has 1 nitrogen and oxygen atoms in total. The van der Waals surface area contributed by atoms with E-state index in [1.54, 1.807) is 0 Å². The molecule has 0 aromatic heterocycles. The van der Waals surface area contributed by atoms with Crippen molar-refractivity contribution in [3.8, 4) is 0 Å². The predicted molar refractivity (Wildman–Crippen MR) is 3.61 cm³/mol. The molecule has 0 aromatic carbocycles. The molecule has 0 saturated heterocycles. The summed E-state index contributed by atoms with van der Waals surface area (Å²) >= 11 is 0. The summed E-state index contributed by atoms with van der Waals surface area (Å²) in [5.41, 5.74) is 0. The molecule has 4 heavy (non-hydrogen) atoms. The smallest absolute Gasteiger partial charge is 0 e. The van der Waals surface area contributed by atoms with E-state index in [-0.39, 0.29) is 64.6 Å². The van der Waals surface area contributed by atoms with Crippen LogP contribution in [0.15, 0.2) is 0 Å². The molecule has 0 fully saturated rings. The Labute approximate surface area is 64.1 Å². The Hall–Kier alpha value is 1.83. The molecule has 0 aliphatic heterocycles. The molecule has 0 atom stereocenters. The maximum Gasteiger partial charge on any atom is 0 e. The van der Waals surface area contributed by atoms with Crippen molar-refractivity contribution in [3.63, 3.8) is 0 Å². The van der Waals surface area contributed by atoms with Crippen LogP contribution in [-0.2, 0) is 59.1 Å². The number of rotatable bonds is 0. The summed E-state index contributed by atoms with van der Waals surface area (Å²) in [6, 6.07) is 0. The van der Waals surface area contributed by atoms with Gasteiger partial charge < -0.3 is 5.48 Å². The third-order valence-electron chi connectivity index (χ3n) is 0. The van der Waals surface area contributed by atoms with Crippen LogP contribution >= 0.6 is 0 Å². The molecule has 4 heteroatoms. The van der Waals surface area contributed by atoms with Crippen molar-refractivity contribution in [1.82, 2.24) is 0 Å². The summed E-state index contributed by atoms with van der Waals surface area (Å²) in [6.45, 7) is 0. The van der Waals surface area contributed by atoms with Crippen molar-refractivity contribution >= 4 is 0 Å². The van der Waals surface area contributed by atoms with Gasteiger partial charge in [0.25, 0.3) is 0 Å². The van der Waals surface area contributed by atoms with Gasteiger partial charge in [-0.1, -0.05) is 0 Å². The molecule has 0 amide bonds. The van der Waals surface area contributed by atoms with Crippen molar-refractivity contribution in [2.45, 2.75) is 0 Å². The molecular formula is H2CoNiOSc. The van der Waals surface area contributed by atoms with Crippen LogP contribution in [0.4, 0.5) is 0 Å². The first kappa shape index (κ1) is 40.6. The Bertz CT molecular complexity index is 8.00. The second-order valence-corrected chi connectivity index (χ2v) is 0. The number of hydrogen-bond acceptors (Lipinski definition) is 0. The standard InChI is InChI=1S/Co.Ni.H2O.Sc/h;;1H2;. The van der Waals surface area contributed by atoms with Crippen molar-refractivity contribution < 1.29 is 64.6 Å². The van der Waals surface area contributed by atoms with Gasteiger partial charge in [0, 0.05) is 59.1 Å². The van der Waals surface area contributed by atoms with Crippen LogP contribution in [-0.4, -0.2) is 5.48 Å². The molecular weight excluding hydrogens is 179 g/mol. The van der Waals surface area contributed by atoms with Gasteiger partial charge in [0.05, 0.1) is 0 Å². The first-order valence-electron chi connectivity index (χ1n) is 0. The molecule has 0 unspecified atom stereocenters. The Morgan fingerprint density at radius 3 is 1.00 bits per heavy atom. The summed E-state index contributed by atoms with van der Waals surface area (Å²) in [5, 5.41) is 0. The normalized spacial score (nSPS) is 0. The minimum Gasteiger partial charge on any atom is -0.412 e. The van der Waals surface area contributed by atoms with Crippen molar-refractivity contribution in [3.05, 3.63) is 0 Å². The van der Waals surface area contributed by atoms with Gasteiger partial charge in [-0.25, -0.2) is 0 Å². The molecule has 0 saturated carbocycles. The van der Waals surface area contributed by atoms with Crippen molar-refractivity contribution in [1.29, 1.82) is 0 Å². The third-order valence-corrected chi connectivity index (χ3v) is 0. The van der Waals surface area contributed by atoms with E-state index in [2.05, 4.69) is 0 Å². The summed E-state index contributed by atoms with van der Waals surface area (Å²) < 4.78 is 0. The second kappa shape index (κ2) is 21.2. The van der Waals surface area contributed by atoms with E-state index in [4.69, 9.17) is 0 Å². The van der Waals surface area contributed by atoms with Crippen molar-refractivity contribution in [2.75, 3.05) is 0 Å². The molecule has 0 bridgehead atoms. The minimum absolute atomic E-state index is 0. The van der Waals surface area contributed by atoms with Crippen LogP contribution in [0.3, 0.4) is 0 Å². The molecule has 0 spiro atoms. The molecule has 0 heterocycles. The van der Waals surface area contributed by atoms with Crippen LogP contribution in [0.1, 0.15) is 0 Å². The topological polar surface area (TPSA) is 31.5 Å².